The van der Waals surface area contributed by atoms with E-state index in [9.17, 15) is 5.11 Å². The highest BCUT2D eigenvalue weighted by atomic mass is 16.5. The maximum Gasteiger partial charge on any atom is 0.0799 e. The molecule has 0 aliphatic heterocycles. The summed E-state index contributed by atoms with van der Waals surface area (Å²) in [6.07, 6.45) is 0.991. The molecular formula is C17H30N2O2. The van der Waals surface area contributed by atoms with Crippen molar-refractivity contribution in [2.75, 3.05) is 40.5 Å². The fourth-order valence-corrected chi connectivity index (χ4v) is 2.74. The Kier molecular flexibility index (Phi) is 7.89. The van der Waals surface area contributed by atoms with E-state index in [1.165, 1.54) is 0 Å². The van der Waals surface area contributed by atoms with Crippen LogP contribution in [0.5, 0.6) is 0 Å². The lowest BCUT2D eigenvalue weighted by Crippen LogP contribution is -2.55. The molecule has 0 saturated heterocycles. The highest BCUT2D eigenvalue weighted by molar-refractivity contribution is 5.25. The van der Waals surface area contributed by atoms with Gasteiger partial charge in [-0.1, -0.05) is 30.3 Å². The summed E-state index contributed by atoms with van der Waals surface area (Å²) in [6.45, 7) is 6.76. The van der Waals surface area contributed by atoms with Crippen molar-refractivity contribution in [2.45, 2.75) is 31.8 Å². The molecule has 0 saturated carbocycles. The molecule has 1 unspecified atom stereocenters. The lowest BCUT2D eigenvalue weighted by Gasteiger charge is -2.39. The maximum atomic E-state index is 10.1. The molecule has 21 heavy (non-hydrogen) atoms. The van der Waals surface area contributed by atoms with Gasteiger partial charge in [0.1, 0.15) is 0 Å². The van der Waals surface area contributed by atoms with Gasteiger partial charge in [0.2, 0.25) is 0 Å². The largest absolute Gasteiger partial charge is 0.394 e. The Balaban J connectivity index is 2.86. The van der Waals surface area contributed by atoms with Crippen LogP contribution in [0.2, 0.25) is 0 Å². The highest BCUT2D eigenvalue weighted by Crippen LogP contribution is 2.23. The van der Waals surface area contributed by atoms with Crippen molar-refractivity contribution in [3.05, 3.63) is 35.9 Å². The number of hydrogen-bond donors (Lipinski definition) is 2. The Morgan fingerprint density at radius 1 is 1.29 bits per heavy atom. The fraction of sp³-hybridized carbons (Fsp3) is 0.647. The molecule has 2 N–H and O–H groups in total. The number of methoxy groups -OCH3 is 1. The number of rotatable bonds is 10. The Labute approximate surface area is 129 Å². The molecule has 1 aromatic rings. The first-order valence-corrected chi connectivity index (χ1v) is 7.65. The van der Waals surface area contributed by atoms with Crippen LogP contribution >= 0.6 is 0 Å². The molecule has 0 amide bonds. The fourth-order valence-electron chi connectivity index (χ4n) is 2.74. The third kappa shape index (κ3) is 5.75. The molecule has 0 aliphatic carbocycles. The maximum absolute atomic E-state index is 10.1. The van der Waals surface area contributed by atoms with E-state index in [1.807, 2.05) is 18.2 Å². The van der Waals surface area contributed by atoms with E-state index in [0.29, 0.717) is 6.04 Å². The van der Waals surface area contributed by atoms with Crippen LogP contribution in [-0.2, 0) is 10.3 Å². The monoisotopic (exact) mass is 294 g/mol. The van der Waals surface area contributed by atoms with Crippen LogP contribution in [-0.4, -0.2) is 56.5 Å². The molecular weight excluding hydrogens is 264 g/mol. The summed E-state index contributed by atoms with van der Waals surface area (Å²) in [4.78, 5) is 2.25. The lowest BCUT2D eigenvalue weighted by atomic mass is 9.89. The smallest absolute Gasteiger partial charge is 0.0799 e. The second-order valence-electron chi connectivity index (χ2n) is 5.99. The van der Waals surface area contributed by atoms with Crippen molar-refractivity contribution in [3.63, 3.8) is 0 Å². The summed E-state index contributed by atoms with van der Waals surface area (Å²) in [5.41, 5.74) is 0.692. The number of hydrogen-bond acceptors (Lipinski definition) is 4. The summed E-state index contributed by atoms with van der Waals surface area (Å²) in [6, 6.07) is 10.5. The Bertz CT molecular complexity index is 384. The molecule has 0 bridgehead atoms. The van der Waals surface area contributed by atoms with Gasteiger partial charge in [-0.05, 0) is 32.9 Å². The van der Waals surface area contributed by atoms with Gasteiger partial charge in [-0.15, -0.1) is 0 Å². The summed E-state index contributed by atoms with van der Waals surface area (Å²) >= 11 is 0. The van der Waals surface area contributed by atoms with Crippen LogP contribution in [0.3, 0.4) is 0 Å². The van der Waals surface area contributed by atoms with Gasteiger partial charge in [-0.25, -0.2) is 0 Å². The average molecular weight is 294 g/mol. The molecule has 4 nitrogen and oxygen atoms in total. The third-order valence-corrected chi connectivity index (χ3v) is 3.59. The average Bonchev–Trinajstić information content (AvgIpc) is 2.47. The zero-order valence-corrected chi connectivity index (χ0v) is 13.8. The highest BCUT2D eigenvalue weighted by Gasteiger charge is 2.33. The molecule has 1 rings (SSSR count). The molecule has 0 fully saturated rings. The number of aliphatic hydroxyl groups is 1. The van der Waals surface area contributed by atoms with Crippen molar-refractivity contribution in [1.29, 1.82) is 0 Å². The Morgan fingerprint density at radius 2 is 1.95 bits per heavy atom. The third-order valence-electron chi connectivity index (χ3n) is 3.59. The van der Waals surface area contributed by atoms with E-state index >= 15 is 0 Å². The summed E-state index contributed by atoms with van der Waals surface area (Å²) in [5.74, 6) is 0. The minimum absolute atomic E-state index is 0.0732. The first kappa shape index (κ1) is 18.1. The Morgan fingerprint density at radius 3 is 2.48 bits per heavy atom. The zero-order valence-electron chi connectivity index (χ0n) is 13.8. The lowest BCUT2D eigenvalue weighted by molar-refractivity contribution is 0.104. The van der Waals surface area contributed by atoms with E-state index in [0.717, 1.165) is 31.7 Å². The van der Waals surface area contributed by atoms with Gasteiger partial charge in [0.05, 0.1) is 12.1 Å². The first-order valence-electron chi connectivity index (χ1n) is 7.65. The molecule has 120 valence electrons. The van der Waals surface area contributed by atoms with E-state index < -0.39 is 5.54 Å². The van der Waals surface area contributed by atoms with Gasteiger partial charge in [-0.2, -0.15) is 0 Å². The van der Waals surface area contributed by atoms with Crippen molar-refractivity contribution in [2.24, 2.45) is 0 Å². The number of ether oxygens (including phenoxy) is 1. The van der Waals surface area contributed by atoms with Crippen molar-refractivity contribution >= 4 is 0 Å². The second-order valence-corrected chi connectivity index (χ2v) is 5.99. The number of nitrogens with zero attached hydrogens (tertiary/aromatic N) is 1. The molecule has 1 atom stereocenters. The van der Waals surface area contributed by atoms with Gasteiger partial charge < -0.3 is 20.1 Å². The number of nitrogens with one attached hydrogen (secondary N) is 1. The number of aliphatic hydroxyl groups excluding tert-OH is 1. The summed E-state index contributed by atoms with van der Waals surface area (Å²) in [7, 11) is 3.81. The quantitative estimate of drug-likeness (QED) is 0.646. The molecule has 4 heteroatoms. The van der Waals surface area contributed by atoms with E-state index in [4.69, 9.17) is 4.74 Å². The molecule has 0 aliphatic rings. The molecule has 1 aromatic carbocycles. The van der Waals surface area contributed by atoms with Crippen LogP contribution < -0.4 is 5.32 Å². The molecule has 0 radical (unpaired) electrons. The minimum atomic E-state index is -0.433. The molecule has 0 spiro atoms. The van der Waals surface area contributed by atoms with E-state index in [2.05, 4.69) is 43.2 Å². The van der Waals surface area contributed by atoms with E-state index in [1.54, 1.807) is 7.11 Å². The van der Waals surface area contributed by atoms with Crippen molar-refractivity contribution in [3.8, 4) is 0 Å². The molecule has 0 aromatic heterocycles. The van der Waals surface area contributed by atoms with Gasteiger partial charge in [0.15, 0.2) is 0 Å². The predicted molar refractivity (Wildman–Crippen MR) is 87.5 cm³/mol. The predicted octanol–water partition coefficient (Wildman–Crippen LogP) is 1.84. The van der Waals surface area contributed by atoms with Crippen LogP contribution in [0.15, 0.2) is 30.3 Å². The normalized spacial score (nSPS) is 14.6. The van der Waals surface area contributed by atoms with Crippen LogP contribution in [0, 0.1) is 0 Å². The Hall–Kier alpha value is -0.940. The standard InChI is InChI=1S/C17H30N2O2/c1-15(2)18-17(14-20,16-9-6-5-7-10-16)13-19(3)11-8-12-21-4/h5-7,9-10,15,18,20H,8,11-14H2,1-4H3. The minimum Gasteiger partial charge on any atom is -0.394 e. The van der Waals surface area contributed by atoms with Crippen LogP contribution in [0.4, 0.5) is 0 Å². The van der Waals surface area contributed by atoms with E-state index in [-0.39, 0.29) is 6.61 Å². The second kappa shape index (κ2) is 9.15. The molecule has 0 heterocycles. The van der Waals surface area contributed by atoms with Gasteiger partial charge in [0, 0.05) is 32.8 Å². The van der Waals surface area contributed by atoms with Gasteiger partial charge >= 0.3 is 0 Å². The van der Waals surface area contributed by atoms with Crippen molar-refractivity contribution in [1.82, 2.24) is 10.2 Å². The SMILES string of the molecule is COCCCN(C)CC(CO)(NC(C)C)c1ccccc1. The number of likely N-dealkylation sites (N-methyl/N-ethyl adjacent to an activating group) is 1. The number of benzene rings is 1. The summed E-state index contributed by atoms with van der Waals surface area (Å²) < 4.78 is 5.11. The topological polar surface area (TPSA) is 44.7 Å². The van der Waals surface area contributed by atoms with Crippen molar-refractivity contribution < 1.29 is 9.84 Å². The van der Waals surface area contributed by atoms with Crippen LogP contribution in [0.25, 0.3) is 0 Å². The summed E-state index contributed by atoms with van der Waals surface area (Å²) in [5, 5.41) is 13.6. The zero-order chi connectivity index (χ0) is 15.7. The van der Waals surface area contributed by atoms with Crippen LogP contribution in [0.1, 0.15) is 25.8 Å². The van der Waals surface area contributed by atoms with Gasteiger partial charge in [0.25, 0.3) is 0 Å². The van der Waals surface area contributed by atoms with Gasteiger partial charge in [-0.3, -0.25) is 0 Å². The first-order chi connectivity index (χ1) is 10.0.